The van der Waals surface area contributed by atoms with Crippen molar-refractivity contribution in [2.75, 3.05) is 19.3 Å². The predicted octanol–water partition coefficient (Wildman–Crippen LogP) is 1.61. The molecular weight excluding hydrogens is 321 g/mol. The normalized spacial score (nSPS) is 17.8. The van der Waals surface area contributed by atoms with Gasteiger partial charge in [0.1, 0.15) is 5.82 Å². The fraction of sp³-hybridized carbons (Fsp3) is 0.533. The van der Waals surface area contributed by atoms with Crippen LogP contribution in [0.4, 0.5) is 9.18 Å². The summed E-state index contributed by atoms with van der Waals surface area (Å²) >= 11 is 0. The molecule has 1 atom stereocenters. The third kappa shape index (κ3) is 5.47. The number of benzene rings is 1. The molecule has 1 saturated heterocycles. The Labute approximate surface area is 136 Å². The number of halogens is 1. The first kappa shape index (κ1) is 17.7. The van der Waals surface area contributed by atoms with E-state index < -0.39 is 10.0 Å². The molecule has 0 aliphatic carbocycles. The third-order valence-corrected chi connectivity index (χ3v) is 4.61. The minimum Gasteiger partial charge on any atom is -0.331 e. The number of nitrogens with zero attached hydrogens (tertiary/aromatic N) is 1. The van der Waals surface area contributed by atoms with Gasteiger partial charge in [-0.05, 0) is 37.5 Å². The molecule has 6 nitrogen and oxygen atoms in total. The van der Waals surface area contributed by atoms with E-state index in [-0.39, 0.29) is 23.9 Å². The second-order valence-corrected chi connectivity index (χ2v) is 7.66. The van der Waals surface area contributed by atoms with Crippen molar-refractivity contribution in [2.24, 2.45) is 0 Å². The van der Waals surface area contributed by atoms with Crippen LogP contribution in [0.15, 0.2) is 24.3 Å². The highest BCUT2D eigenvalue weighted by Crippen LogP contribution is 2.16. The van der Waals surface area contributed by atoms with Crippen molar-refractivity contribution in [1.29, 1.82) is 0 Å². The fourth-order valence-electron chi connectivity index (χ4n) is 2.64. The molecular formula is C15H22FN3O3S. The quantitative estimate of drug-likeness (QED) is 0.872. The van der Waals surface area contributed by atoms with Crippen LogP contribution in [0.5, 0.6) is 0 Å². The van der Waals surface area contributed by atoms with E-state index in [1.54, 1.807) is 24.0 Å². The molecule has 0 aromatic heterocycles. The van der Waals surface area contributed by atoms with Gasteiger partial charge in [-0.1, -0.05) is 12.1 Å². The Bertz CT molecular complexity index is 658. The number of nitrogens with one attached hydrogen (secondary N) is 2. The maximum Gasteiger partial charge on any atom is 0.317 e. The lowest BCUT2D eigenvalue weighted by Gasteiger charge is -2.32. The topological polar surface area (TPSA) is 78.5 Å². The van der Waals surface area contributed by atoms with E-state index in [9.17, 15) is 17.6 Å². The standard InChI is InChI=1S/C15H22FN3O3S/c1-11(12-4-3-5-13(16)10-12)17-15(20)19-8-6-14(7-9-19)18-23(2,21)22/h3-5,10-11,14,18H,6-9H2,1-2H3,(H,17,20)/t11-/m0/s1. The SMILES string of the molecule is C[C@H](NC(=O)N1CCC(NS(C)(=O)=O)CC1)c1cccc(F)c1. The number of rotatable bonds is 4. The highest BCUT2D eigenvalue weighted by Gasteiger charge is 2.25. The van der Waals surface area contributed by atoms with Crippen LogP contribution in [-0.4, -0.2) is 44.7 Å². The Balaban J connectivity index is 1.85. The Morgan fingerprint density at radius 2 is 2.00 bits per heavy atom. The predicted molar refractivity (Wildman–Crippen MR) is 85.9 cm³/mol. The number of urea groups is 1. The lowest BCUT2D eigenvalue weighted by molar-refractivity contribution is 0.177. The minimum absolute atomic E-state index is 0.130. The van der Waals surface area contributed by atoms with E-state index in [2.05, 4.69) is 10.0 Å². The molecule has 1 aromatic rings. The van der Waals surface area contributed by atoms with E-state index in [4.69, 9.17) is 0 Å². The molecule has 128 valence electrons. The van der Waals surface area contributed by atoms with E-state index >= 15 is 0 Å². The second kappa shape index (κ2) is 7.27. The van der Waals surface area contributed by atoms with Gasteiger partial charge in [0.2, 0.25) is 10.0 Å². The van der Waals surface area contributed by atoms with Crippen LogP contribution in [0.1, 0.15) is 31.4 Å². The van der Waals surface area contributed by atoms with Crippen molar-refractivity contribution in [3.8, 4) is 0 Å². The number of hydrogen-bond donors (Lipinski definition) is 2. The van der Waals surface area contributed by atoms with Gasteiger partial charge >= 0.3 is 6.03 Å². The summed E-state index contributed by atoms with van der Waals surface area (Å²) in [5.74, 6) is -0.337. The average Bonchev–Trinajstić information content (AvgIpc) is 2.46. The summed E-state index contributed by atoms with van der Waals surface area (Å²) in [6.45, 7) is 2.76. The van der Waals surface area contributed by atoms with Gasteiger partial charge in [-0.15, -0.1) is 0 Å². The molecule has 0 bridgehead atoms. The summed E-state index contributed by atoms with van der Waals surface area (Å²) in [5.41, 5.74) is 0.701. The van der Waals surface area contributed by atoms with Gasteiger partial charge in [-0.3, -0.25) is 0 Å². The zero-order chi connectivity index (χ0) is 17.0. The van der Waals surface area contributed by atoms with Crippen LogP contribution in [0.3, 0.4) is 0 Å². The third-order valence-electron chi connectivity index (χ3n) is 3.85. The molecule has 0 radical (unpaired) electrons. The molecule has 1 aliphatic heterocycles. The van der Waals surface area contributed by atoms with Crippen molar-refractivity contribution in [1.82, 2.24) is 14.9 Å². The van der Waals surface area contributed by atoms with Crippen LogP contribution in [0.25, 0.3) is 0 Å². The summed E-state index contributed by atoms with van der Waals surface area (Å²) < 4.78 is 38.2. The number of amides is 2. The lowest BCUT2D eigenvalue weighted by Crippen LogP contribution is -2.49. The van der Waals surface area contributed by atoms with Crippen molar-refractivity contribution in [3.63, 3.8) is 0 Å². The number of sulfonamides is 1. The van der Waals surface area contributed by atoms with Gasteiger partial charge in [0, 0.05) is 19.1 Å². The number of hydrogen-bond acceptors (Lipinski definition) is 3. The fourth-order valence-corrected chi connectivity index (χ4v) is 3.48. The Hall–Kier alpha value is -1.67. The maximum atomic E-state index is 13.2. The van der Waals surface area contributed by atoms with Crippen LogP contribution >= 0.6 is 0 Å². The van der Waals surface area contributed by atoms with Gasteiger partial charge in [-0.2, -0.15) is 0 Å². The molecule has 0 unspecified atom stereocenters. The molecule has 8 heteroatoms. The zero-order valence-corrected chi connectivity index (χ0v) is 14.1. The number of carbonyl (C=O) groups excluding carboxylic acids is 1. The zero-order valence-electron chi connectivity index (χ0n) is 13.3. The molecule has 1 aromatic carbocycles. The lowest BCUT2D eigenvalue weighted by atomic mass is 10.1. The number of carbonyl (C=O) groups is 1. The highest BCUT2D eigenvalue weighted by molar-refractivity contribution is 7.88. The molecule has 1 fully saturated rings. The van der Waals surface area contributed by atoms with E-state index in [0.29, 0.717) is 31.5 Å². The number of piperidine rings is 1. The molecule has 0 saturated carbocycles. The van der Waals surface area contributed by atoms with Gasteiger partial charge in [-0.25, -0.2) is 22.3 Å². The molecule has 2 rings (SSSR count). The summed E-state index contributed by atoms with van der Waals surface area (Å²) in [4.78, 5) is 13.9. The summed E-state index contributed by atoms with van der Waals surface area (Å²) in [6, 6.07) is 5.47. The minimum atomic E-state index is -3.23. The number of likely N-dealkylation sites (tertiary alicyclic amines) is 1. The molecule has 0 spiro atoms. The summed E-state index contributed by atoms with van der Waals surface area (Å²) in [5, 5.41) is 2.84. The van der Waals surface area contributed by atoms with Crippen molar-refractivity contribution in [3.05, 3.63) is 35.6 Å². The van der Waals surface area contributed by atoms with E-state index in [1.165, 1.54) is 12.1 Å². The smallest absolute Gasteiger partial charge is 0.317 e. The molecule has 23 heavy (non-hydrogen) atoms. The Kier molecular flexibility index (Phi) is 5.59. The Morgan fingerprint density at radius 1 is 1.35 bits per heavy atom. The second-order valence-electron chi connectivity index (χ2n) is 5.88. The van der Waals surface area contributed by atoms with Crippen LogP contribution < -0.4 is 10.0 Å². The molecule has 1 aliphatic rings. The van der Waals surface area contributed by atoms with Crippen LogP contribution in [-0.2, 0) is 10.0 Å². The maximum absolute atomic E-state index is 13.2. The Morgan fingerprint density at radius 3 is 2.57 bits per heavy atom. The van der Waals surface area contributed by atoms with Crippen LogP contribution in [0.2, 0.25) is 0 Å². The molecule has 1 heterocycles. The summed E-state index contributed by atoms with van der Waals surface area (Å²) in [6.07, 6.45) is 2.29. The van der Waals surface area contributed by atoms with Crippen LogP contribution in [0, 0.1) is 5.82 Å². The first-order valence-electron chi connectivity index (χ1n) is 7.53. The van der Waals surface area contributed by atoms with Crippen molar-refractivity contribution in [2.45, 2.75) is 31.8 Å². The molecule has 2 amide bonds. The first-order chi connectivity index (χ1) is 10.7. The van der Waals surface area contributed by atoms with Crippen molar-refractivity contribution >= 4 is 16.1 Å². The van der Waals surface area contributed by atoms with E-state index in [0.717, 1.165) is 6.26 Å². The first-order valence-corrected chi connectivity index (χ1v) is 9.42. The van der Waals surface area contributed by atoms with Gasteiger partial charge in [0.05, 0.1) is 12.3 Å². The van der Waals surface area contributed by atoms with Gasteiger partial charge < -0.3 is 10.2 Å². The highest BCUT2D eigenvalue weighted by atomic mass is 32.2. The average molecular weight is 343 g/mol. The largest absolute Gasteiger partial charge is 0.331 e. The van der Waals surface area contributed by atoms with Gasteiger partial charge in [0.25, 0.3) is 0 Å². The molecule has 2 N–H and O–H groups in total. The monoisotopic (exact) mass is 343 g/mol. The summed E-state index contributed by atoms with van der Waals surface area (Å²) in [7, 11) is -3.23. The van der Waals surface area contributed by atoms with Gasteiger partial charge in [0.15, 0.2) is 0 Å². The van der Waals surface area contributed by atoms with E-state index in [1.807, 2.05) is 0 Å². The van der Waals surface area contributed by atoms with Crippen molar-refractivity contribution < 1.29 is 17.6 Å².